The molecule has 1 unspecified atom stereocenters. The number of aromatic hydroxyl groups is 2. The highest BCUT2D eigenvalue weighted by atomic mass is 16.5. The van der Waals surface area contributed by atoms with E-state index < -0.39 is 28.5 Å². The van der Waals surface area contributed by atoms with Crippen LogP contribution >= 0.6 is 0 Å². The number of benzene rings is 2. The molecule has 0 aromatic heterocycles. The number of allylic oxidation sites excluding steroid dienone is 4. The van der Waals surface area contributed by atoms with E-state index in [9.17, 15) is 24.6 Å². The zero-order valence-electron chi connectivity index (χ0n) is 20.5. The van der Waals surface area contributed by atoms with Crippen molar-refractivity contribution in [2.24, 2.45) is 0 Å². The smallest absolute Gasteiger partial charge is 0.194 e. The van der Waals surface area contributed by atoms with Crippen LogP contribution in [0.2, 0.25) is 0 Å². The molecule has 2 aromatic rings. The van der Waals surface area contributed by atoms with Crippen molar-refractivity contribution in [2.75, 3.05) is 0 Å². The molecule has 3 N–H and O–H groups in total. The van der Waals surface area contributed by atoms with Gasteiger partial charge in [-0.1, -0.05) is 30.3 Å². The molecule has 4 rings (SSSR count). The minimum Gasteiger partial charge on any atom is -0.507 e. The van der Waals surface area contributed by atoms with Gasteiger partial charge < -0.3 is 20.3 Å². The van der Waals surface area contributed by atoms with Crippen LogP contribution in [-0.4, -0.2) is 33.6 Å². The predicted molar refractivity (Wildman–Crippen MR) is 131 cm³/mol. The van der Waals surface area contributed by atoms with Gasteiger partial charge in [-0.2, -0.15) is 0 Å². The SMILES string of the molecule is CC(=O)c1c(O)c(C)c(O)c2c1OC1=CC(=O)/C(=C(/C)NC(C)CCc3ccccc3)C(=O)[C@@]12C. The zero-order chi connectivity index (χ0) is 25.7. The lowest BCUT2D eigenvalue weighted by molar-refractivity contribution is -0.123. The first kappa shape index (κ1) is 24.3. The van der Waals surface area contributed by atoms with Crippen molar-refractivity contribution in [2.45, 2.75) is 58.9 Å². The number of nitrogens with one attached hydrogen (secondary N) is 1. The van der Waals surface area contributed by atoms with Gasteiger partial charge in [-0.3, -0.25) is 14.4 Å². The number of ketones is 3. The number of fused-ring (bicyclic) bond motifs is 3. The summed E-state index contributed by atoms with van der Waals surface area (Å²) in [5.41, 5.74) is 0.139. The lowest BCUT2D eigenvalue weighted by atomic mass is 9.70. The summed E-state index contributed by atoms with van der Waals surface area (Å²) < 4.78 is 5.80. The number of Topliss-reactive ketones (excluding diaryl/α,β-unsaturated/α-hetero) is 2. The maximum atomic E-state index is 13.8. The molecule has 0 amide bonds. The number of hydrogen-bond donors (Lipinski definition) is 3. The number of hydrogen-bond acceptors (Lipinski definition) is 7. The standard InChI is InChI=1S/C28H29NO6/c1-14(11-12-18-9-7-6-8-10-18)29-16(3)21-19(31)13-20-28(5,27(21)34)23-25(33)15(2)24(32)22(17(4)30)26(23)35-20/h6-10,13-14,29,32-33H,11-12H2,1-5H3/b21-16+/t14?,28-/m0/s1. The van der Waals surface area contributed by atoms with E-state index >= 15 is 0 Å². The number of ether oxygens (including phenoxy) is 1. The van der Waals surface area contributed by atoms with Crippen LogP contribution in [-0.2, 0) is 21.4 Å². The lowest BCUT2D eigenvalue weighted by Gasteiger charge is -2.29. The monoisotopic (exact) mass is 475 g/mol. The molecule has 0 fully saturated rings. The van der Waals surface area contributed by atoms with Crippen LogP contribution in [0.1, 0.15) is 61.2 Å². The van der Waals surface area contributed by atoms with E-state index in [1.54, 1.807) is 13.8 Å². The second-order valence-corrected chi connectivity index (χ2v) is 9.46. The van der Waals surface area contributed by atoms with Crippen LogP contribution in [0.5, 0.6) is 17.2 Å². The van der Waals surface area contributed by atoms with Crippen LogP contribution in [0.4, 0.5) is 0 Å². The topological polar surface area (TPSA) is 113 Å². The summed E-state index contributed by atoms with van der Waals surface area (Å²) in [6.07, 6.45) is 2.86. The second-order valence-electron chi connectivity index (χ2n) is 9.46. The summed E-state index contributed by atoms with van der Waals surface area (Å²) in [5, 5.41) is 24.6. The van der Waals surface area contributed by atoms with Gasteiger partial charge in [-0.25, -0.2) is 0 Å². The summed E-state index contributed by atoms with van der Waals surface area (Å²) in [6.45, 7) is 7.95. The Morgan fingerprint density at radius 1 is 1.11 bits per heavy atom. The number of aryl methyl sites for hydroxylation is 1. The van der Waals surface area contributed by atoms with E-state index in [-0.39, 0.29) is 45.6 Å². The highest BCUT2D eigenvalue weighted by Gasteiger charge is 2.56. The molecule has 2 aromatic carbocycles. The van der Waals surface area contributed by atoms with Crippen molar-refractivity contribution < 1.29 is 29.3 Å². The molecule has 35 heavy (non-hydrogen) atoms. The Morgan fingerprint density at radius 2 is 1.77 bits per heavy atom. The number of phenols is 2. The van der Waals surface area contributed by atoms with E-state index in [0.29, 0.717) is 5.70 Å². The van der Waals surface area contributed by atoms with E-state index in [0.717, 1.165) is 12.8 Å². The van der Waals surface area contributed by atoms with Crippen molar-refractivity contribution in [3.8, 4) is 17.2 Å². The van der Waals surface area contributed by atoms with Gasteiger partial charge in [0.1, 0.15) is 34.0 Å². The fraction of sp³-hybridized carbons (Fsp3) is 0.321. The van der Waals surface area contributed by atoms with Crippen molar-refractivity contribution in [3.63, 3.8) is 0 Å². The minimum absolute atomic E-state index is 0.00878. The van der Waals surface area contributed by atoms with Gasteiger partial charge >= 0.3 is 0 Å². The van der Waals surface area contributed by atoms with Gasteiger partial charge in [0.05, 0.1) is 11.1 Å². The van der Waals surface area contributed by atoms with Crippen LogP contribution in [0.25, 0.3) is 0 Å². The average molecular weight is 476 g/mol. The molecule has 1 aliphatic heterocycles. The number of phenolic OH excluding ortho intramolecular Hbond substituents is 2. The molecule has 7 nitrogen and oxygen atoms in total. The quantitative estimate of drug-likeness (QED) is 0.326. The van der Waals surface area contributed by atoms with E-state index in [4.69, 9.17) is 4.74 Å². The third-order valence-corrected chi connectivity index (χ3v) is 6.93. The fourth-order valence-corrected chi connectivity index (χ4v) is 4.90. The van der Waals surface area contributed by atoms with Crippen molar-refractivity contribution in [3.05, 3.63) is 75.7 Å². The summed E-state index contributed by atoms with van der Waals surface area (Å²) in [7, 11) is 0. The summed E-state index contributed by atoms with van der Waals surface area (Å²) >= 11 is 0. The van der Waals surface area contributed by atoms with Crippen molar-refractivity contribution in [1.29, 1.82) is 0 Å². The van der Waals surface area contributed by atoms with Crippen molar-refractivity contribution >= 4 is 17.3 Å². The molecule has 2 aliphatic rings. The maximum absolute atomic E-state index is 13.8. The van der Waals surface area contributed by atoms with Crippen LogP contribution in [0.3, 0.4) is 0 Å². The molecular weight excluding hydrogens is 446 g/mol. The van der Waals surface area contributed by atoms with Gasteiger partial charge in [0.2, 0.25) is 0 Å². The Kier molecular flexibility index (Phi) is 6.05. The molecule has 0 spiro atoms. The molecule has 0 saturated heterocycles. The molecule has 7 heteroatoms. The van der Waals surface area contributed by atoms with Crippen molar-refractivity contribution in [1.82, 2.24) is 5.32 Å². The van der Waals surface area contributed by atoms with Gasteiger partial charge in [0, 0.05) is 23.4 Å². The minimum atomic E-state index is -1.51. The van der Waals surface area contributed by atoms with Crippen LogP contribution in [0.15, 0.2) is 53.4 Å². The van der Waals surface area contributed by atoms with E-state index in [1.165, 1.54) is 25.5 Å². The Labute approximate surface area is 204 Å². The molecule has 0 radical (unpaired) electrons. The Morgan fingerprint density at radius 3 is 2.40 bits per heavy atom. The summed E-state index contributed by atoms with van der Waals surface area (Å²) in [5.74, 6) is -2.33. The normalized spacial score (nSPS) is 21.0. The van der Waals surface area contributed by atoms with E-state index in [2.05, 4.69) is 17.4 Å². The highest BCUT2D eigenvalue weighted by Crippen LogP contribution is 2.57. The average Bonchev–Trinajstić information content (AvgIpc) is 3.09. The first-order valence-corrected chi connectivity index (χ1v) is 11.6. The van der Waals surface area contributed by atoms with E-state index in [1.807, 2.05) is 25.1 Å². The first-order chi connectivity index (χ1) is 16.5. The van der Waals surface area contributed by atoms with Gasteiger partial charge in [-0.15, -0.1) is 0 Å². The number of carbonyl (C=O) groups is 3. The predicted octanol–water partition coefficient (Wildman–Crippen LogP) is 4.18. The van der Waals surface area contributed by atoms with Crippen LogP contribution < -0.4 is 10.1 Å². The first-order valence-electron chi connectivity index (χ1n) is 11.6. The second kappa shape index (κ2) is 8.73. The highest BCUT2D eigenvalue weighted by molar-refractivity contribution is 6.31. The number of rotatable bonds is 6. The molecule has 0 bridgehead atoms. The largest absolute Gasteiger partial charge is 0.507 e. The molecular formula is C28H29NO6. The van der Waals surface area contributed by atoms with Gasteiger partial charge in [0.25, 0.3) is 0 Å². The molecule has 2 atom stereocenters. The maximum Gasteiger partial charge on any atom is 0.194 e. The summed E-state index contributed by atoms with van der Waals surface area (Å²) in [4.78, 5) is 39.2. The Balaban J connectivity index is 1.72. The zero-order valence-corrected chi connectivity index (χ0v) is 20.5. The molecule has 1 heterocycles. The Hall–Kier alpha value is -3.87. The van der Waals surface area contributed by atoms with Gasteiger partial charge in [0.15, 0.2) is 17.3 Å². The lowest BCUT2D eigenvalue weighted by Crippen LogP contribution is -2.41. The molecule has 0 saturated carbocycles. The third kappa shape index (κ3) is 3.81. The molecule has 182 valence electrons. The fourth-order valence-electron chi connectivity index (χ4n) is 4.90. The van der Waals surface area contributed by atoms with Crippen LogP contribution in [0, 0.1) is 6.92 Å². The molecule has 1 aliphatic carbocycles. The summed E-state index contributed by atoms with van der Waals surface area (Å²) in [6, 6.07) is 10.0. The third-order valence-electron chi connectivity index (χ3n) is 6.93. The Bertz CT molecular complexity index is 1320. The van der Waals surface area contributed by atoms with Gasteiger partial charge in [-0.05, 0) is 53.0 Å². The number of carbonyl (C=O) groups excluding carboxylic acids is 3.